The fourth-order valence-corrected chi connectivity index (χ4v) is 4.04. The number of fused-ring (bicyclic) bond motifs is 1. The summed E-state index contributed by atoms with van der Waals surface area (Å²) >= 11 is 3.57. The van der Waals surface area contributed by atoms with Gasteiger partial charge in [-0.3, -0.25) is 4.90 Å². The third kappa shape index (κ3) is 2.49. The summed E-state index contributed by atoms with van der Waals surface area (Å²) in [6.45, 7) is 6.46. The Labute approximate surface area is 129 Å². The average Bonchev–Trinajstić information content (AvgIpc) is 2.65. The first-order valence-corrected chi connectivity index (χ1v) is 8.24. The van der Waals surface area contributed by atoms with E-state index in [1.54, 1.807) is 0 Å². The van der Waals surface area contributed by atoms with Gasteiger partial charge in [0.05, 0.1) is 0 Å². The number of likely N-dealkylation sites (tertiary alicyclic amines) is 1. The Morgan fingerprint density at radius 2 is 2.25 bits per heavy atom. The van der Waals surface area contributed by atoms with Gasteiger partial charge in [0.15, 0.2) is 0 Å². The Bertz CT molecular complexity index is 495. The van der Waals surface area contributed by atoms with Gasteiger partial charge < -0.3 is 10.1 Å². The Hall–Kier alpha value is -0.580. The molecule has 3 nitrogen and oxygen atoms in total. The van der Waals surface area contributed by atoms with E-state index in [0.29, 0.717) is 12.1 Å². The van der Waals surface area contributed by atoms with Crippen LogP contribution in [0.2, 0.25) is 0 Å². The molecule has 0 bridgehead atoms. The zero-order chi connectivity index (χ0) is 14.3. The molecule has 0 radical (unpaired) electrons. The van der Waals surface area contributed by atoms with Crippen LogP contribution in [0.5, 0.6) is 5.75 Å². The Kier molecular flexibility index (Phi) is 3.82. The molecule has 1 N–H and O–H groups in total. The van der Waals surface area contributed by atoms with Gasteiger partial charge in [-0.1, -0.05) is 22.9 Å². The lowest BCUT2D eigenvalue weighted by molar-refractivity contribution is 0.0407. The van der Waals surface area contributed by atoms with Crippen LogP contribution in [-0.2, 0) is 0 Å². The summed E-state index contributed by atoms with van der Waals surface area (Å²) in [6.07, 6.45) is 2.17. The quantitative estimate of drug-likeness (QED) is 0.894. The van der Waals surface area contributed by atoms with E-state index in [4.69, 9.17) is 4.74 Å². The molecule has 3 unspecified atom stereocenters. The molecule has 3 atom stereocenters. The number of nitrogens with zero attached hydrogens (tertiary/aromatic N) is 1. The zero-order valence-electron chi connectivity index (χ0n) is 12.4. The Morgan fingerprint density at radius 1 is 1.45 bits per heavy atom. The summed E-state index contributed by atoms with van der Waals surface area (Å²) in [5, 5.41) is 3.63. The topological polar surface area (TPSA) is 24.5 Å². The van der Waals surface area contributed by atoms with Crippen LogP contribution >= 0.6 is 15.9 Å². The van der Waals surface area contributed by atoms with Gasteiger partial charge >= 0.3 is 0 Å². The molecule has 2 aliphatic heterocycles. The van der Waals surface area contributed by atoms with Crippen molar-refractivity contribution in [2.75, 3.05) is 20.1 Å². The maximum absolute atomic E-state index is 6.45. The van der Waals surface area contributed by atoms with Crippen LogP contribution in [0.3, 0.4) is 0 Å². The van der Waals surface area contributed by atoms with E-state index < -0.39 is 0 Å². The van der Waals surface area contributed by atoms with Crippen LogP contribution in [0.1, 0.15) is 38.3 Å². The smallest absolute Gasteiger partial charge is 0.125 e. The van der Waals surface area contributed by atoms with Crippen LogP contribution < -0.4 is 10.1 Å². The van der Waals surface area contributed by atoms with Crippen molar-refractivity contribution in [1.82, 2.24) is 10.2 Å². The third-order valence-electron chi connectivity index (χ3n) is 4.66. The molecular weight excluding hydrogens is 316 g/mol. The van der Waals surface area contributed by atoms with Crippen molar-refractivity contribution in [1.29, 1.82) is 0 Å². The van der Waals surface area contributed by atoms with E-state index in [2.05, 4.69) is 65.2 Å². The van der Waals surface area contributed by atoms with Crippen molar-refractivity contribution in [3.63, 3.8) is 0 Å². The SMILES string of the molecule is CCNC1CC2(CC(C)N(C)C2)Oc2ccc(Br)cc21. The molecule has 3 rings (SSSR count). The number of ether oxygens (including phenoxy) is 1. The highest BCUT2D eigenvalue weighted by Crippen LogP contribution is 2.45. The standard InChI is InChI=1S/C16H23BrN2O/c1-4-18-14-9-16(8-11(2)19(3)10-16)20-15-6-5-12(17)7-13(14)15/h5-7,11,14,18H,4,8-10H2,1-3H3. The number of hydrogen-bond donors (Lipinski definition) is 1. The van der Waals surface area contributed by atoms with Crippen molar-refractivity contribution in [3.8, 4) is 5.75 Å². The summed E-state index contributed by atoms with van der Waals surface area (Å²) in [6, 6.07) is 7.35. The van der Waals surface area contributed by atoms with Crippen LogP contribution in [-0.4, -0.2) is 36.7 Å². The van der Waals surface area contributed by atoms with E-state index in [1.165, 1.54) is 5.56 Å². The van der Waals surface area contributed by atoms with E-state index in [9.17, 15) is 0 Å². The first-order chi connectivity index (χ1) is 9.53. The van der Waals surface area contributed by atoms with E-state index in [0.717, 1.165) is 36.2 Å². The van der Waals surface area contributed by atoms with Crippen molar-refractivity contribution in [2.24, 2.45) is 0 Å². The summed E-state index contributed by atoms with van der Waals surface area (Å²) < 4.78 is 7.57. The molecule has 1 saturated heterocycles. The van der Waals surface area contributed by atoms with E-state index in [-0.39, 0.29) is 5.60 Å². The maximum Gasteiger partial charge on any atom is 0.125 e. The van der Waals surface area contributed by atoms with Gasteiger partial charge in [0.1, 0.15) is 11.4 Å². The van der Waals surface area contributed by atoms with Gasteiger partial charge in [0.2, 0.25) is 0 Å². The Balaban J connectivity index is 1.95. The molecule has 0 aromatic heterocycles. The number of likely N-dealkylation sites (N-methyl/N-ethyl adjacent to an activating group) is 1. The zero-order valence-corrected chi connectivity index (χ0v) is 14.0. The molecule has 0 saturated carbocycles. The number of rotatable bonds is 2. The minimum atomic E-state index is -0.0260. The molecule has 2 heterocycles. The van der Waals surface area contributed by atoms with Crippen molar-refractivity contribution in [2.45, 2.75) is 44.4 Å². The van der Waals surface area contributed by atoms with Gasteiger partial charge in [-0.25, -0.2) is 0 Å². The van der Waals surface area contributed by atoms with Gasteiger partial charge in [0.25, 0.3) is 0 Å². The van der Waals surface area contributed by atoms with Crippen LogP contribution in [0.15, 0.2) is 22.7 Å². The highest BCUT2D eigenvalue weighted by atomic mass is 79.9. The van der Waals surface area contributed by atoms with Crippen molar-refractivity contribution >= 4 is 15.9 Å². The monoisotopic (exact) mass is 338 g/mol. The maximum atomic E-state index is 6.45. The molecule has 20 heavy (non-hydrogen) atoms. The lowest BCUT2D eigenvalue weighted by Gasteiger charge is -2.40. The van der Waals surface area contributed by atoms with Gasteiger partial charge in [-0.2, -0.15) is 0 Å². The lowest BCUT2D eigenvalue weighted by Crippen LogP contribution is -2.45. The van der Waals surface area contributed by atoms with Crippen LogP contribution in [0, 0.1) is 0 Å². The minimum absolute atomic E-state index is 0.0260. The van der Waals surface area contributed by atoms with Crippen molar-refractivity contribution in [3.05, 3.63) is 28.2 Å². The van der Waals surface area contributed by atoms with E-state index >= 15 is 0 Å². The second-order valence-corrected chi connectivity index (χ2v) is 7.17. The minimum Gasteiger partial charge on any atom is -0.485 e. The molecule has 1 aromatic carbocycles. The predicted molar refractivity (Wildman–Crippen MR) is 85.2 cm³/mol. The molecule has 1 fully saturated rings. The molecule has 1 aromatic rings. The fraction of sp³-hybridized carbons (Fsp3) is 0.625. The highest BCUT2D eigenvalue weighted by molar-refractivity contribution is 9.10. The summed E-state index contributed by atoms with van der Waals surface area (Å²) in [5.74, 6) is 1.05. The van der Waals surface area contributed by atoms with E-state index in [1.807, 2.05) is 0 Å². The second kappa shape index (κ2) is 5.32. The number of hydrogen-bond acceptors (Lipinski definition) is 3. The summed E-state index contributed by atoms with van der Waals surface area (Å²) in [4.78, 5) is 2.41. The molecule has 4 heteroatoms. The number of halogens is 1. The van der Waals surface area contributed by atoms with Gasteiger partial charge in [-0.15, -0.1) is 0 Å². The normalized spacial score (nSPS) is 33.2. The lowest BCUT2D eigenvalue weighted by atomic mass is 9.85. The first-order valence-electron chi connectivity index (χ1n) is 7.45. The van der Waals surface area contributed by atoms with Crippen LogP contribution in [0.4, 0.5) is 0 Å². The molecule has 0 amide bonds. The molecule has 2 aliphatic rings. The summed E-state index contributed by atoms with van der Waals surface area (Å²) in [5.41, 5.74) is 1.26. The Morgan fingerprint density at radius 3 is 2.90 bits per heavy atom. The summed E-state index contributed by atoms with van der Waals surface area (Å²) in [7, 11) is 2.20. The fourth-order valence-electron chi connectivity index (χ4n) is 3.66. The highest BCUT2D eigenvalue weighted by Gasteiger charge is 2.47. The van der Waals surface area contributed by atoms with Crippen molar-refractivity contribution < 1.29 is 4.74 Å². The molecular formula is C16H23BrN2O. The average molecular weight is 339 g/mol. The third-order valence-corrected chi connectivity index (χ3v) is 5.15. The largest absolute Gasteiger partial charge is 0.485 e. The first kappa shape index (κ1) is 14.4. The molecule has 110 valence electrons. The van der Waals surface area contributed by atoms with Gasteiger partial charge in [0, 0.05) is 41.5 Å². The number of nitrogens with one attached hydrogen (secondary N) is 1. The predicted octanol–water partition coefficient (Wildman–Crippen LogP) is 3.35. The molecule has 1 spiro atoms. The molecule has 0 aliphatic carbocycles. The second-order valence-electron chi connectivity index (χ2n) is 6.25. The van der Waals surface area contributed by atoms with Crippen LogP contribution in [0.25, 0.3) is 0 Å². The number of benzene rings is 1. The van der Waals surface area contributed by atoms with Gasteiger partial charge in [-0.05, 0) is 38.7 Å².